The van der Waals surface area contributed by atoms with E-state index in [9.17, 15) is 0 Å². The molecule has 1 aromatic heterocycles. The van der Waals surface area contributed by atoms with Gasteiger partial charge in [0.05, 0.1) is 0 Å². The summed E-state index contributed by atoms with van der Waals surface area (Å²) >= 11 is 0. The Morgan fingerprint density at radius 3 is 2.50 bits per heavy atom. The zero-order valence-corrected chi connectivity index (χ0v) is 5.74. The van der Waals surface area contributed by atoms with Crippen LogP contribution in [0.25, 0.3) is 0 Å². The van der Waals surface area contributed by atoms with Crippen molar-refractivity contribution >= 4 is 0 Å². The van der Waals surface area contributed by atoms with E-state index in [-0.39, 0.29) is 5.76 Å². The van der Waals surface area contributed by atoms with E-state index < -0.39 is 6.29 Å². The molecular formula is C7H10O3. The minimum atomic E-state index is -1.49. The standard InChI is InChI=1S/C7H10O3/c1-2-5-3-4-6(10-5)7(8)9/h3-4,7-9H,2H2,1H3. The van der Waals surface area contributed by atoms with Gasteiger partial charge in [0.25, 0.3) is 0 Å². The highest BCUT2D eigenvalue weighted by Gasteiger charge is 2.06. The Bertz CT molecular complexity index is 202. The molecule has 1 rings (SSSR count). The molecule has 0 bridgehead atoms. The molecule has 0 atom stereocenters. The molecule has 0 aliphatic rings. The summed E-state index contributed by atoms with van der Waals surface area (Å²) in [6.45, 7) is 1.94. The Kier molecular flexibility index (Phi) is 2.09. The number of aryl methyl sites for hydroxylation is 1. The van der Waals surface area contributed by atoms with E-state index in [1.807, 2.05) is 6.92 Å². The fourth-order valence-corrected chi connectivity index (χ4v) is 0.723. The minimum Gasteiger partial charge on any atom is -0.461 e. The SMILES string of the molecule is CCc1ccc(C(O)O)o1. The molecule has 1 aromatic rings. The highest BCUT2D eigenvalue weighted by molar-refractivity contribution is 5.07. The van der Waals surface area contributed by atoms with Gasteiger partial charge in [0, 0.05) is 6.42 Å². The molecular weight excluding hydrogens is 132 g/mol. The average molecular weight is 142 g/mol. The highest BCUT2D eigenvalue weighted by atomic mass is 16.5. The predicted molar refractivity (Wildman–Crippen MR) is 35.3 cm³/mol. The van der Waals surface area contributed by atoms with Crippen molar-refractivity contribution in [3.05, 3.63) is 23.7 Å². The first-order valence-electron chi connectivity index (χ1n) is 3.18. The van der Waals surface area contributed by atoms with Crippen molar-refractivity contribution in [3.63, 3.8) is 0 Å². The molecule has 0 aromatic carbocycles. The Morgan fingerprint density at radius 2 is 2.20 bits per heavy atom. The first-order valence-corrected chi connectivity index (χ1v) is 3.18. The van der Waals surface area contributed by atoms with Gasteiger partial charge in [-0.25, -0.2) is 0 Å². The van der Waals surface area contributed by atoms with Crippen LogP contribution in [0.3, 0.4) is 0 Å². The minimum absolute atomic E-state index is 0.205. The first-order chi connectivity index (χ1) is 4.74. The molecule has 0 spiro atoms. The maximum atomic E-state index is 8.59. The maximum Gasteiger partial charge on any atom is 0.212 e. The van der Waals surface area contributed by atoms with Crippen LogP contribution in [0, 0.1) is 0 Å². The Hall–Kier alpha value is -0.800. The predicted octanol–water partition coefficient (Wildman–Crippen LogP) is 0.825. The van der Waals surface area contributed by atoms with Crippen molar-refractivity contribution in [3.8, 4) is 0 Å². The normalized spacial score (nSPS) is 10.8. The van der Waals surface area contributed by atoms with E-state index in [0.717, 1.165) is 12.2 Å². The van der Waals surface area contributed by atoms with E-state index in [4.69, 9.17) is 14.6 Å². The van der Waals surface area contributed by atoms with E-state index >= 15 is 0 Å². The monoisotopic (exact) mass is 142 g/mol. The topological polar surface area (TPSA) is 53.6 Å². The van der Waals surface area contributed by atoms with Crippen LogP contribution >= 0.6 is 0 Å². The molecule has 0 fully saturated rings. The molecule has 56 valence electrons. The van der Waals surface area contributed by atoms with Crippen LogP contribution in [0.2, 0.25) is 0 Å². The first kappa shape index (κ1) is 7.31. The summed E-state index contributed by atoms with van der Waals surface area (Å²) in [5.74, 6) is 0.972. The summed E-state index contributed by atoms with van der Waals surface area (Å²) in [7, 11) is 0. The summed E-state index contributed by atoms with van der Waals surface area (Å²) in [6, 6.07) is 3.29. The van der Waals surface area contributed by atoms with Gasteiger partial charge in [-0.1, -0.05) is 6.92 Å². The summed E-state index contributed by atoms with van der Waals surface area (Å²) < 4.78 is 4.99. The van der Waals surface area contributed by atoms with Gasteiger partial charge < -0.3 is 14.6 Å². The molecule has 0 aliphatic carbocycles. The summed E-state index contributed by atoms with van der Waals surface area (Å²) in [5, 5.41) is 17.2. The van der Waals surface area contributed by atoms with Gasteiger partial charge in [0.2, 0.25) is 6.29 Å². The molecule has 0 unspecified atom stereocenters. The van der Waals surface area contributed by atoms with Crippen molar-refractivity contribution in [1.82, 2.24) is 0 Å². The molecule has 0 aliphatic heterocycles. The van der Waals surface area contributed by atoms with Gasteiger partial charge in [0.15, 0.2) is 5.76 Å². The molecule has 3 nitrogen and oxygen atoms in total. The fourth-order valence-electron chi connectivity index (χ4n) is 0.723. The Labute approximate surface area is 58.9 Å². The van der Waals surface area contributed by atoms with E-state index in [0.29, 0.717) is 0 Å². The molecule has 0 saturated heterocycles. The Balaban J connectivity index is 2.78. The summed E-state index contributed by atoms with van der Waals surface area (Å²) in [6.07, 6.45) is -0.715. The van der Waals surface area contributed by atoms with Gasteiger partial charge in [0.1, 0.15) is 5.76 Å². The van der Waals surface area contributed by atoms with Gasteiger partial charge in [-0.15, -0.1) is 0 Å². The second-order valence-electron chi connectivity index (χ2n) is 2.03. The van der Waals surface area contributed by atoms with Crippen LogP contribution in [0.15, 0.2) is 16.5 Å². The lowest BCUT2D eigenvalue weighted by molar-refractivity contribution is -0.0585. The number of hydrogen-bond donors (Lipinski definition) is 2. The van der Waals surface area contributed by atoms with Gasteiger partial charge in [-0.2, -0.15) is 0 Å². The molecule has 3 heteroatoms. The third kappa shape index (κ3) is 1.37. The highest BCUT2D eigenvalue weighted by Crippen LogP contribution is 2.13. The quantitative estimate of drug-likeness (QED) is 0.601. The van der Waals surface area contributed by atoms with E-state index in [1.54, 1.807) is 12.1 Å². The lowest BCUT2D eigenvalue weighted by Crippen LogP contribution is -1.90. The molecule has 2 N–H and O–H groups in total. The second kappa shape index (κ2) is 2.86. The third-order valence-corrected chi connectivity index (χ3v) is 1.29. The zero-order chi connectivity index (χ0) is 7.56. The number of aliphatic hydroxyl groups excluding tert-OH is 1. The largest absolute Gasteiger partial charge is 0.461 e. The maximum absolute atomic E-state index is 8.59. The smallest absolute Gasteiger partial charge is 0.212 e. The van der Waals surface area contributed by atoms with Crippen LogP contribution in [-0.4, -0.2) is 10.2 Å². The lowest BCUT2D eigenvalue weighted by atomic mass is 10.3. The van der Waals surface area contributed by atoms with Crippen molar-refractivity contribution < 1.29 is 14.6 Å². The fraction of sp³-hybridized carbons (Fsp3) is 0.429. The lowest BCUT2D eigenvalue weighted by Gasteiger charge is -1.95. The van der Waals surface area contributed by atoms with Gasteiger partial charge in [-0.3, -0.25) is 0 Å². The molecule has 0 amide bonds. The zero-order valence-electron chi connectivity index (χ0n) is 5.74. The van der Waals surface area contributed by atoms with E-state index in [2.05, 4.69) is 0 Å². The third-order valence-electron chi connectivity index (χ3n) is 1.29. The molecule has 0 saturated carbocycles. The van der Waals surface area contributed by atoms with Crippen LogP contribution < -0.4 is 0 Å². The molecule has 1 heterocycles. The van der Waals surface area contributed by atoms with Crippen LogP contribution in [0.1, 0.15) is 24.7 Å². The molecule has 0 radical (unpaired) electrons. The molecule has 10 heavy (non-hydrogen) atoms. The average Bonchev–Trinajstić information content (AvgIpc) is 2.34. The van der Waals surface area contributed by atoms with Crippen molar-refractivity contribution in [2.75, 3.05) is 0 Å². The van der Waals surface area contributed by atoms with Gasteiger partial charge in [-0.05, 0) is 12.1 Å². The Morgan fingerprint density at radius 1 is 1.50 bits per heavy atom. The summed E-state index contributed by atoms with van der Waals surface area (Å²) in [5.41, 5.74) is 0. The summed E-state index contributed by atoms with van der Waals surface area (Å²) in [4.78, 5) is 0. The van der Waals surface area contributed by atoms with Crippen molar-refractivity contribution in [2.24, 2.45) is 0 Å². The number of furan rings is 1. The second-order valence-corrected chi connectivity index (χ2v) is 2.03. The van der Waals surface area contributed by atoms with E-state index in [1.165, 1.54) is 0 Å². The van der Waals surface area contributed by atoms with Crippen molar-refractivity contribution in [2.45, 2.75) is 19.6 Å². The van der Waals surface area contributed by atoms with Gasteiger partial charge >= 0.3 is 0 Å². The van der Waals surface area contributed by atoms with Crippen LogP contribution in [-0.2, 0) is 6.42 Å². The number of hydrogen-bond acceptors (Lipinski definition) is 3. The van der Waals surface area contributed by atoms with Crippen LogP contribution in [0.5, 0.6) is 0 Å². The number of rotatable bonds is 2. The van der Waals surface area contributed by atoms with Crippen LogP contribution in [0.4, 0.5) is 0 Å². The van der Waals surface area contributed by atoms with Crippen molar-refractivity contribution in [1.29, 1.82) is 0 Å². The number of aliphatic hydroxyl groups is 2.